The fourth-order valence-electron chi connectivity index (χ4n) is 2.36. The number of rotatable bonds is 3. The lowest BCUT2D eigenvalue weighted by molar-refractivity contribution is 0.597. The van der Waals surface area contributed by atoms with Gasteiger partial charge in [-0.1, -0.05) is 6.07 Å². The Morgan fingerprint density at radius 1 is 1.15 bits per heavy atom. The van der Waals surface area contributed by atoms with Gasteiger partial charge < -0.3 is 0 Å². The van der Waals surface area contributed by atoms with Crippen molar-refractivity contribution in [2.75, 3.05) is 4.72 Å². The molecule has 0 atom stereocenters. The molecule has 20 heavy (non-hydrogen) atoms. The van der Waals surface area contributed by atoms with Crippen molar-refractivity contribution >= 4 is 15.8 Å². The van der Waals surface area contributed by atoms with E-state index in [1.165, 1.54) is 17.8 Å². The summed E-state index contributed by atoms with van der Waals surface area (Å²) in [7, 11) is -3.81. The summed E-state index contributed by atoms with van der Waals surface area (Å²) < 4.78 is 40.1. The second-order valence-electron chi connectivity index (χ2n) is 4.72. The van der Waals surface area contributed by atoms with E-state index in [1.54, 1.807) is 12.1 Å². The normalized spacial score (nSPS) is 14.1. The van der Waals surface area contributed by atoms with Crippen molar-refractivity contribution in [3.05, 3.63) is 53.5 Å². The molecular formula is C14H13FN2O2S. The largest absolute Gasteiger partial charge is 0.263 e. The summed E-state index contributed by atoms with van der Waals surface area (Å²) in [5.74, 6) is -0.981. The highest BCUT2D eigenvalue weighted by atomic mass is 32.2. The molecular weight excluding hydrogens is 279 g/mol. The van der Waals surface area contributed by atoms with Crippen LogP contribution in [0.5, 0.6) is 0 Å². The van der Waals surface area contributed by atoms with Crippen LogP contribution in [0.3, 0.4) is 0 Å². The van der Waals surface area contributed by atoms with Gasteiger partial charge in [0, 0.05) is 6.20 Å². The number of anilines is 1. The van der Waals surface area contributed by atoms with Crippen LogP contribution in [0.25, 0.3) is 0 Å². The maximum absolute atomic E-state index is 13.5. The Balaban J connectivity index is 1.94. The Morgan fingerprint density at radius 3 is 2.75 bits per heavy atom. The van der Waals surface area contributed by atoms with Crippen LogP contribution in [0.1, 0.15) is 17.5 Å². The van der Waals surface area contributed by atoms with Crippen molar-refractivity contribution in [2.24, 2.45) is 0 Å². The molecule has 1 aromatic heterocycles. The zero-order valence-corrected chi connectivity index (χ0v) is 11.5. The fourth-order valence-corrected chi connectivity index (χ4v) is 3.43. The summed E-state index contributed by atoms with van der Waals surface area (Å²) in [5, 5.41) is 0. The van der Waals surface area contributed by atoms with Crippen molar-refractivity contribution in [2.45, 2.75) is 24.2 Å². The first-order chi connectivity index (χ1) is 9.56. The van der Waals surface area contributed by atoms with Crippen molar-refractivity contribution in [1.29, 1.82) is 0 Å². The van der Waals surface area contributed by atoms with Gasteiger partial charge in [0.05, 0.1) is 4.90 Å². The van der Waals surface area contributed by atoms with Gasteiger partial charge in [0.25, 0.3) is 10.0 Å². The number of hydrogen-bond acceptors (Lipinski definition) is 3. The number of benzene rings is 1. The Hall–Kier alpha value is -1.95. The van der Waals surface area contributed by atoms with Crippen molar-refractivity contribution < 1.29 is 12.8 Å². The van der Waals surface area contributed by atoms with E-state index in [9.17, 15) is 12.8 Å². The molecule has 4 nitrogen and oxygen atoms in total. The van der Waals surface area contributed by atoms with Crippen molar-refractivity contribution in [1.82, 2.24) is 4.98 Å². The average Bonchev–Trinajstić information content (AvgIpc) is 2.88. The quantitative estimate of drug-likeness (QED) is 0.945. The number of sulfonamides is 1. The maximum Gasteiger partial charge on any atom is 0.263 e. The van der Waals surface area contributed by atoms with E-state index in [-0.39, 0.29) is 10.7 Å². The molecule has 0 spiro atoms. The molecule has 1 aliphatic carbocycles. The van der Waals surface area contributed by atoms with E-state index in [0.29, 0.717) is 0 Å². The van der Waals surface area contributed by atoms with Crippen LogP contribution in [0.2, 0.25) is 0 Å². The minimum absolute atomic E-state index is 0.142. The van der Waals surface area contributed by atoms with Crippen molar-refractivity contribution in [3.63, 3.8) is 0 Å². The molecule has 1 N–H and O–H groups in total. The van der Waals surface area contributed by atoms with Crippen LogP contribution in [-0.2, 0) is 22.9 Å². The predicted octanol–water partition coefficient (Wildman–Crippen LogP) is 2.51. The molecule has 0 aliphatic heterocycles. The SMILES string of the molecule is O=S(=O)(Nc1ncccc1F)c1ccc2c(c1)CCC2. The highest BCUT2D eigenvalue weighted by Crippen LogP contribution is 2.25. The molecule has 104 valence electrons. The van der Waals surface area contributed by atoms with Gasteiger partial charge in [-0.05, 0) is 54.7 Å². The topological polar surface area (TPSA) is 59.1 Å². The first kappa shape index (κ1) is 13.1. The first-order valence-electron chi connectivity index (χ1n) is 6.31. The molecule has 0 saturated heterocycles. The van der Waals surface area contributed by atoms with Gasteiger partial charge in [0.15, 0.2) is 11.6 Å². The molecule has 3 rings (SSSR count). The second-order valence-corrected chi connectivity index (χ2v) is 6.41. The van der Waals surface area contributed by atoms with Gasteiger partial charge in [-0.2, -0.15) is 0 Å². The lowest BCUT2D eigenvalue weighted by Gasteiger charge is -2.09. The van der Waals surface area contributed by atoms with E-state index < -0.39 is 15.8 Å². The Morgan fingerprint density at radius 2 is 1.95 bits per heavy atom. The smallest absolute Gasteiger partial charge is 0.261 e. The van der Waals surface area contributed by atoms with E-state index in [0.717, 1.165) is 30.9 Å². The van der Waals surface area contributed by atoms with Crippen LogP contribution in [0.4, 0.5) is 10.2 Å². The number of fused-ring (bicyclic) bond motifs is 1. The molecule has 1 aliphatic rings. The molecule has 0 saturated carbocycles. The van der Waals surface area contributed by atoms with Gasteiger partial charge in [0.2, 0.25) is 0 Å². The molecule has 6 heteroatoms. The predicted molar refractivity (Wildman–Crippen MR) is 73.5 cm³/mol. The number of halogens is 1. The molecule has 0 bridgehead atoms. The summed E-state index contributed by atoms with van der Waals surface area (Å²) >= 11 is 0. The zero-order chi connectivity index (χ0) is 14.2. The van der Waals surface area contributed by atoms with E-state index in [4.69, 9.17) is 0 Å². The average molecular weight is 292 g/mol. The van der Waals surface area contributed by atoms with Crippen molar-refractivity contribution in [3.8, 4) is 0 Å². The number of nitrogens with zero attached hydrogens (tertiary/aromatic N) is 1. The van der Waals surface area contributed by atoms with Crippen LogP contribution in [0.15, 0.2) is 41.4 Å². The zero-order valence-electron chi connectivity index (χ0n) is 10.6. The van der Waals surface area contributed by atoms with E-state index in [1.807, 2.05) is 6.07 Å². The van der Waals surface area contributed by atoms with E-state index in [2.05, 4.69) is 9.71 Å². The van der Waals surface area contributed by atoms with Crippen LogP contribution < -0.4 is 4.72 Å². The summed E-state index contributed by atoms with van der Waals surface area (Å²) in [6.45, 7) is 0. The lowest BCUT2D eigenvalue weighted by atomic mass is 10.1. The third kappa shape index (κ3) is 2.38. The number of aromatic nitrogens is 1. The number of aryl methyl sites for hydroxylation is 2. The highest BCUT2D eigenvalue weighted by molar-refractivity contribution is 7.92. The Labute approximate surface area is 116 Å². The molecule has 1 aromatic carbocycles. The molecule has 0 amide bonds. The van der Waals surface area contributed by atoms with Gasteiger partial charge in [-0.25, -0.2) is 17.8 Å². The number of hydrogen-bond donors (Lipinski definition) is 1. The van der Waals surface area contributed by atoms with Crippen LogP contribution in [0, 0.1) is 5.82 Å². The summed E-state index contributed by atoms with van der Waals surface area (Å²) in [5.41, 5.74) is 2.24. The van der Waals surface area contributed by atoms with Crippen LogP contribution in [-0.4, -0.2) is 13.4 Å². The first-order valence-corrected chi connectivity index (χ1v) is 7.80. The highest BCUT2D eigenvalue weighted by Gasteiger charge is 2.20. The third-order valence-corrected chi connectivity index (χ3v) is 4.71. The van der Waals surface area contributed by atoms with Gasteiger partial charge >= 0.3 is 0 Å². The Kier molecular flexibility index (Phi) is 3.17. The molecule has 0 fully saturated rings. The molecule has 1 heterocycles. The van der Waals surface area contributed by atoms with Gasteiger partial charge in [-0.3, -0.25) is 4.72 Å². The molecule has 0 unspecified atom stereocenters. The second kappa shape index (κ2) is 4.86. The summed E-state index contributed by atoms with van der Waals surface area (Å²) in [6.07, 6.45) is 4.25. The standard InChI is InChI=1S/C14H13FN2O2S/c15-13-5-2-8-16-14(13)17-20(18,19)12-7-6-10-3-1-4-11(10)9-12/h2,5-9H,1,3-4H2,(H,16,17). The Bertz CT molecular complexity index is 760. The summed E-state index contributed by atoms with van der Waals surface area (Å²) in [4.78, 5) is 3.84. The monoisotopic (exact) mass is 292 g/mol. The van der Waals surface area contributed by atoms with Gasteiger partial charge in [-0.15, -0.1) is 0 Å². The van der Waals surface area contributed by atoms with E-state index >= 15 is 0 Å². The minimum Gasteiger partial charge on any atom is -0.261 e. The number of nitrogens with one attached hydrogen (secondary N) is 1. The lowest BCUT2D eigenvalue weighted by Crippen LogP contribution is -2.15. The maximum atomic E-state index is 13.5. The molecule has 2 aromatic rings. The summed E-state index contributed by atoms with van der Waals surface area (Å²) in [6, 6.07) is 7.60. The minimum atomic E-state index is -3.81. The number of pyridine rings is 1. The third-order valence-electron chi connectivity index (χ3n) is 3.37. The van der Waals surface area contributed by atoms with Crippen LogP contribution >= 0.6 is 0 Å². The fraction of sp³-hybridized carbons (Fsp3) is 0.214. The molecule has 0 radical (unpaired) electrons. The van der Waals surface area contributed by atoms with Gasteiger partial charge in [0.1, 0.15) is 0 Å².